The van der Waals surface area contributed by atoms with Gasteiger partial charge >= 0.3 is 6.03 Å². The first-order chi connectivity index (χ1) is 11.5. The average Bonchev–Trinajstić information content (AvgIpc) is 3.18. The molecule has 1 unspecified atom stereocenters. The second-order valence-electron chi connectivity index (χ2n) is 6.55. The summed E-state index contributed by atoms with van der Waals surface area (Å²) in [7, 11) is 0. The fourth-order valence-electron chi connectivity index (χ4n) is 2.96. The Morgan fingerprint density at radius 1 is 1.42 bits per heavy atom. The van der Waals surface area contributed by atoms with Crippen LogP contribution in [0.1, 0.15) is 55.7 Å². The zero-order valence-electron chi connectivity index (χ0n) is 14.2. The fraction of sp³-hybridized carbons (Fsp3) is 0.444. The first kappa shape index (κ1) is 17.0. The fourth-order valence-corrected chi connectivity index (χ4v) is 3.20. The summed E-state index contributed by atoms with van der Waals surface area (Å²) < 4.78 is 6.53. The van der Waals surface area contributed by atoms with Crippen LogP contribution >= 0.6 is 15.9 Å². The van der Waals surface area contributed by atoms with Gasteiger partial charge in [-0.1, -0.05) is 34.9 Å². The third kappa shape index (κ3) is 3.48. The largest absolute Gasteiger partial charge is 0.359 e. The highest BCUT2D eigenvalue weighted by atomic mass is 79.9. The molecule has 6 heteroatoms. The number of hydrogen-bond acceptors (Lipinski definition) is 3. The van der Waals surface area contributed by atoms with Crippen molar-refractivity contribution in [1.82, 2.24) is 10.1 Å². The van der Waals surface area contributed by atoms with Gasteiger partial charge in [-0.3, -0.25) is 0 Å². The van der Waals surface area contributed by atoms with Crippen molar-refractivity contribution in [2.75, 3.05) is 11.9 Å². The lowest BCUT2D eigenvalue weighted by atomic mass is 10.1. The lowest BCUT2D eigenvalue weighted by Gasteiger charge is -2.23. The zero-order chi connectivity index (χ0) is 17.3. The van der Waals surface area contributed by atoms with E-state index in [4.69, 9.17) is 4.52 Å². The van der Waals surface area contributed by atoms with Gasteiger partial charge in [0.1, 0.15) is 0 Å². The molecule has 0 saturated carbocycles. The molecule has 1 atom stereocenters. The molecule has 2 amide bonds. The molecule has 5 nitrogen and oxygen atoms in total. The van der Waals surface area contributed by atoms with Gasteiger partial charge in [0, 0.05) is 22.8 Å². The third-order valence-electron chi connectivity index (χ3n) is 4.39. The van der Waals surface area contributed by atoms with Gasteiger partial charge in [0.05, 0.1) is 11.7 Å². The molecule has 0 aliphatic carbocycles. The van der Waals surface area contributed by atoms with Crippen molar-refractivity contribution in [2.45, 2.75) is 45.6 Å². The predicted octanol–water partition coefficient (Wildman–Crippen LogP) is 5.24. The summed E-state index contributed by atoms with van der Waals surface area (Å²) in [5.74, 6) is 1.09. The van der Waals surface area contributed by atoms with E-state index in [0.29, 0.717) is 5.92 Å². The number of carbonyl (C=O) groups is 1. The van der Waals surface area contributed by atoms with Gasteiger partial charge in [-0.05, 0) is 49.4 Å². The molecule has 0 spiro atoms. The van der Waals surface area contributed by atoms with Crippen LogP contribution < -0.4 is 5.32 Å². The Balaban J connectivity index is 1.74. The number of aryl methyl sites for hydroxylation is 1. The molecule has 0 radical (unpaired) electrons. The molecule has 1 aromatic carbocycles. The lowest BCUT2D eigenvalue weighted by molar-refractivity contribution is 0.195. The monoisotopic (exact) mass is 391 g/mol. The molecular formula is C18H22BrN3O2. The van der Waals surface area contributed by atoms with Crippen molar-refractivity contribution in [3.05, 3.63) is 45.8 Å². The molecule has 1 N–H and O–H groups in total. The summed E-state index contributed by atoms with van der Waals surface area (Å²) >= 11 is 3.47. The standard InChI is InChI=1S/C18H22BrN3O2/c1-11(2)15-10-17(24-21-15)16-5-4-8-22(16)18(23)20-13-6-7-14(19)12(3)9-13/h6-7,9-11,16H,4-5,8H2,1-3H3,(H,20,23). The number of aromatic nitrogens is 1. The predicted molar refractivity (Wildman–Crippen MR) is 97.2 cm³/mol. The minimum Gasteiger partial charge on any atom is -0.359 e. The van der Waals surface area contributed by atoms with Crippen LogP contribution in [0.2, 0.25) is 0 Å². The molecule has 1 aliphatic heterocycles. The Kier molecular flexibility index (Phi) is 4.94. The van der Waals surface area contributed by atoms with Crippen molar-refractivity contribution in [2.24, 2.45) is 0 Å². The van der Waals surface area contributed by atoms with E-state index in [1.54, 1.807) is 0 Å². The molecule has 128 valence electrons. The summed E-state index contributed by atoms with van der Waals surface area (Å²) in [5.41, 5.74) is 2.81. The van der Waals surface area contributed by atoms with E-state index >= 15 is 0 Å². The summed E-state index contributed by atoms with van der Waals surface area (Å²) in [4.78, 5) is 14.5. The number of nitrogens with zero attached hydrogens (tertiary/aromatic N) is 2. The van der Waals surface area contributed by atoms with Crippen molar-refractivity contribution in [1.29, 1.82) is 0 Å². The van der Waals surface area contributed by atoms with Crippen LogP contribution in [-0.2, 0) is 0 Å². The van der Waals surface area contributed by atoms with Gasteiger partial charge < -0.3 is 14.7 Å². The number of rotatable bonds is 3. The Morgan fingerprint density at radius 3 is 2.88 bits per heavy atom. The number of carbonyl (C=O) groups excluding carboxylic acids is 1. The molecule has 0 bridgehead atoms. The molecule has 1 aromatic heterocycles. The summed E-state index contributed by atoms with van der Waals surface area (Å²) in [5, 5.41) is 7.11. The Hall–Kier alpha value is -1.82. The maximum absolute atomic E-state index is 12.7. The van der Waals surface area contributed by atoms with Gasteiger partial charge in [0.25, 0.3) is 0 Å². The van der Waals surface area contributed by atoms with E-state index in [0.717, 1.165) is 46.6 Å². The molecule has 1 fully saturated rings. The summed E-state index contributed by atoms with van der Waals surface area (Å²) in [6.45, 7) is 6.89. The molecule has 2 aromatic rings. The Morgan fingerprint density at radius 2 is 2.21 bits per heavy atom. The highest BCUT2D eigenvalue weighted by Gasteiger charge is 2.33. The third-order valence-corrected chi connectivity index (χ3v) is 5.28. The van der Waals surface area contributed by atoms with E-state index in [9.17, 15) is 4.79 Å². The van der Waals surface area contributed by atoms with E-state index in [1.807, 2.05) is 36.1 Å². The van der Waals surface area contributed by atoms with E-state index < -0.39 is 0 Å². The second-order valence-corrected chi connectivity index (χ2v) is 7.41. The Bertz CT molecular complexity index is 742. The molecule has 3 rings (SSSR count). The number of halogens is 1. The molecule has 24 heavy (non-hydrogen) atoms. The SMILES string of the molecule is Cc1cc(NC(=O)N2CCCC2c2cc(C(C)C)no2)ccc1Br. The quantitative estimate of drug-likeness (QED) is 0.777. The summed E-state index contributed by atoms with van der Waals surface area (Å²) in [6, 6.07) is 7.63. The van der Waals surface area contributed by atoms with Crippen molar-refractivity contribution < 1.29 is 9.32 Å². The first-order valence-electron chi connectivity index (χ1n) is 8.26. The number of nitrogens with one attached hydrogen (secondary N) is 1. The van der Waals surface area contributed by atoms with Crippen LogP contribution in [0.4, 0.5) is 10.5 Å². The van der Waals surface area contributed by atoms with E-state index in [2.05, 4.69) is 40.3 Å². The second kappa shape index (κ2) is 6.97. The van der Waals surface area contributed by atoms with Gasteiger partial charge in [0.2, 0.25) is 0 Å². The average molecular weight is 392 g/mol. The summed E-state index contributed by atoms with van der Waals surface area (Å²) in [6.07, 6.45) is 1.87. The van der Waals surface area contributed by atoms with Crippen LogP contribution in [-0.4, -0.2) is 22.6 Å². The highest BCUT2D eigenvalue weighted by Crippen LogP contribution is 2.33. The minimum absolute atomic E-state index is 0.0402. The maximum atomic E-state index is 12.7. The first-order valence-corrected chi connectivity index (χ1v) is 9.05. The van der Waals surface area contributed by atoms with Crippen LogP contribution in [0.15, 0.2) is 33.3 Å². The smallest absolute Gasteiger partial charge is 0.322 e. The van der Waals surface area contributed by atoms with Crippen LogP contribution in [0.25, 0.3) is 0 Å². The van der Waals surface area contributed by atoms with Crippen LogP contribution in [0.5, 0.6) is 0 Å². The van der Waals surface area contributed by atoms with Gasteiger partial charge in [-0.15, -0.1) is 0 Å². The molecule has 1 aliphatic rings. The number of hydrogen-bond donors (Lipinski definition) is 1. The molecule has 1 saturated heterocycles. The van der Waals surface area contributed by atoms with Gasteiger partial charge in [-0.25, -0.2) is 4.79 Å². The van der Waals surface area contributed by atoms with Crippen LogP contribution in [0.3, 0.4) is 0 Å². The topological polar surface area (TPSA) is 58.4 Å². The Labute approximate surface area is 150 Å². The number of urea groups is 1. The van der Waals surface area contributed by atoms with Crippen molar-refractivity contribution >= 4 is 27.6 Å². The number of anilines is 1. The van der Waals surface area contributed by atoms with Crippen molar-refractivity contribution in [3.8, 4) is 0 Å². The lowest BCUT2D eigenvalue weighted by Crippen LogP contribution is -2.34. The number of benzene rings is 1. The van der Waals surface area contributed by atoms with Crippen molar-refractivity contribution in [3.63, 3.8) is 0 Å². The molecule has 2 heterocycles. The number of likely N-dealkylation sites (tertiary alicyclic amines) is 1. The van der Waals surface area contributed by atoms with Gasteiger partial charge in [0.15, 0.2) is 5.76 Å². The molecular weight excluding hydrogens is 370 g/mol. The normalized spacial score (nSPS) is 17.5. The van der Waals surface area contributed by atoms with Crippen LogP contribution in [0, 0.1) is 6.92 Å². The van der Waals surface area contributed by atoms with E-state index in [-0.39, 0.29) is 12.1 Å². The van der Waals surface area contributed by atoms with Gasteiger partial charge in [-0.2, -0.15) is 0 Å². The highest BCUT2D eigenvalue weighted by molar-refractivity contribution is 9.10. The maximum Gasteiger partial charge on any atom is 0.322 e. The van der Waals surface area contributed by atoms with E-state index in [1.165, 1.54) is 0 Å². The zero-order valence-corrected chi connectivity index (χ0v) is 15.8. The number of amides is 2. The minimum atomic E-state index is -0.0956.